The van der Waals surface area contributed by atoms with Crippen LogP contribution >= 0.6 is 11.8 Å². The normalized spacial score (nSPS) is 11.9. The summed E-state index contributed by atoms with van der Waals surface area (Å²) in [5.74, 6) is 1.35. The number of carbonyl (C=O) groups excluding carboxylic acids is 1. The largest absolute Gasteiger partial charge is 0.497 e. The Hall–Kier alpha value is -1.20. The molecule has 1 atom stereocenters. The summed E-state index contributed by atoms with van der Waals surface area (Å²) in [6.45, 7) is 2.21. The van der Waals surface area contributed by atoms with E-state index in [-0.39, 0.29) is 11.3 Å². The number of carbonyl (C=O) groups is 1. The fraction of sp³-hybridized carbons (Fsp3) is 0.462. The number of hydrogen-bond donors (Lipinski definition) is 1. The molecule has 4 nitrogen and oxygen atoms in total. The van der Waals surface area contributed by atoms with Crippen molar-refractivity contribution in [2.75, 3.05) is 20.8 Å². The van der Waals surface area contributed by atoms with Gasteiger partial charge in [0.1, 0.15) is 5.75 Å². The molecule has 0 saturated heterocycles. The van der Waals surface area contributed by atoms with Crippen LogP contribution in [0.4, 0.5) is 0 Å². The third-order valence-electron chi connectivity index (χ3n) is 2.34. The Balaban J connectivity index is 2.48. The summed E-state index contributed by atoms with van der Waals surface area (Å²) in [4.78, 5) is 11.6. The maximum absolute atomic E-state index is 11.6. The molecule has 0 fully saturated rings. The molecule has 0 aliphatic rings. The minimum absolute atomic E-state index is 0.224. The van der Waals surface area contributed by atoms with Crippen molar-refractivity contribution in [3.8, 4) is 5.75 Å². The zero-order chi connectivity index (χ0) is 13.4. The van der Waals surface area contributed by atoms with E-state index in [9.17, 15) is 4.79 Å². The Morgan fingerprint density at radius 1 is 1.39 bits per heavy atom. The Morgan fingerprint density at radius 3 is 2.56 bits per heavy atom. The van der Waals surface area contributed by atoms with Gasteiger partial charge in [0.05, 0.1) is 13.7 Å². The SMILES string of the molecule is CCOC(=O)C(NC)SCc1ccc(OC)cc1. The number of esters is 1. The molecule has 1 unspecified atom stereocenters. The number of thioether (sulfide) groups is 1. The predicted octanol–water partition coefficient (Wildman–Crippen LogP) is 2.04. The zero-order valence-corrected chi connectivity index (χ0v) is 11.8. The van der Waals surface area contributed by atoms with Crippen molar-refractivity contribution in [3.05, 3.63) is 29.8 Å². The molecule has 1 aromatic rings. The molecule has 1 N–H and O–H groups in total. The van der Waals surface area contributed by atoms with Gasteiger partial charge >= 0.3 is 5.97 Å². The Kier molecular flexibility index (Phi) is 6.60. The van der Waals surface area contributed by atoms with Gasteiger partial charge in [0, 0.05) is 5.75 Å². The van der Waals surface area contributed by atoms with Gasteiger partial charge in [0.15, 0.2) is 5.37 Å². The summed E-state index contributed by atoms with van der Waals surface area (Å²) >= 11 is 1.51. The van der Waals surface area contributed by atoms with Gasteiger partial charge in [0.25, 0.3) is 0 Å². The van der Waals surface area contributed by atoms with Gasteiger partial charge in [-0.15, -0.1) is 11.8 Å². The second-order valence-electron chi connectivity index (χ2n) is 3.58. The van der Waals surface area contributed by atoms with Crippen LogP contribution < -0.4 is 10.1 Å². The van der Waals surface area contributed by atoms with E-state index < -0.39 is 0 Å². The highest BCUT2D eigenvalue weighted by molar-refractivity contribution is 7.99. The first-order chi connectivity index (χ1) is 8.71. The van der Waals surface area contributed by atoms with Gasteiger partial charge in [-0.2, -0.15) is 0 Å². The molecule has 1 aromatic carbocycles. The molecule has 0 aliphatic carbocycles. The van der Waals surface area contributed by atoms with E-state index in [1.165, 1.54) is 11.8 Å². The molecule has 0 saturated carbocycles. The van der Waals surface area contributed by atoms with Gasteiger partial charge < -0.3 is 9.47 Å². The molecular formula is C13H19NO3S. The third kappa shape index (κ3) is 4.58. The van der Waals surface area contributed by atoms with Crippen LogP contribution in [-0.2, 0) is 15.3 Å². The van der Waals surface area contributed by atoms with Gasteiger partial charge in [-0.05, 0) is 31.7 Å². The second kappa shape index (κ2) is 8.00. The lowest BCUT2D eigenvalue weighted by atomic mass is 10.2. The van der Waals surface area contributed by atoms with Crippen molar-refractivity contribution in [3.63, 3.8) is 0 Å². The summed E-state index contributed by atoms with van der Waals surface area (Å²) in [6, 6.07) is 7.80. The number of methoxy groups -OCH3 is 1. The van der Waals surface area contributed by atoms with Crippen LogP contribution in [0.5, 0.6) is 5.75 Å². The van der Waals surface area contributed by atoms with E-state index in [1.807, 2.05) is 24.3 Å². The van der Waals surface area contributed by atoms with Crippen molar-refractivity contribution >= 4 is 17.7 Å². The van der Waals surface area contributed by atoms with Crippen molar-refractivity contribution < 1.29 is 14.3 Å². The average molecular weight is 269 g/mol. The zero-order valence-electron chi connectivity index (χ0n) is 10.9. The maximum atomic E-state index is 11.6. The number of ether oxygens (including phenoxy) is 2. The second-order valence-corrected chi connectivity index (χ2v) is 4.67. The van der Waals surface area contributed by atoms with Crippen LogP contribution in [0.15, 0.2) is 24.3 Å². The molecule has 5 heteroatoms. The van der Waals surface area contributed by atoms with Crippen molar-refractivity contribution in [1.29, 1.82) is 0 Å². The highest BCUT2D eigenvalue weighted by atomic mass is 32.2. The highest BCUT2D eigenvalue weighted by Gasteiger charge is 2.17. The smallest absolute Gasteiger partial charge is 0.333 e. The van der Waals surface area contributed by atoms with E-state index in [4.69, 9.17) is 9.47 Å². The highest BCUT2D eigenvalue weighted by Crippen LogP contribution is 2.19. The first-order valence-corrected chi connectivity index (χ1v) is 6.84. The van der Waals surface area contributed by atoms with E-state index in [1.54, 1.807) is 21.1 Å². The Labute approximate surface area is 112 Å². The number of rotatable bonds is 7. The molecule has 1 rings (SSSR count). The summed E-state index contributed by atoms with van der Waals surface area (Å²) in [6.07, 6.45) is 0. The minimum Gasteiger partial charge on any atom is -0.497 e. The summed E-state index contributed by atoms with van der Waals surface area (Å²) < 4.78 is 10.1. The number of likely N-dealkylation sites (N-methyl/N-ethyl adjacent to an activating group) is 1. The lowest BCUT2D eigenvalue weighted by molar-refractivity contribution is -0.142. The monoisotopic (exact) mass is 269 g/mol. The van der Waals surface area contributed by atoms with E-state index >= 15 is 0 Å². The summed E-state index contributed by atoms with van der Waals surface area (Å²) in [7, 11) is 3.39. The maximum Gasteiger partial charge on any atom is 0.333 e. The van der Waals surface area contributed by atoms with E-state index in [2.05, 4.69) is 5.32 Å². The molecule has 0 aliphatic heterocycles. The Bertz CT molecular complexity index is 367. The average Bonchev–Trinajstić information content (AvgIpc) is 2.40. The van der Waals surface area contributed by atoms with Crippen LogP contribution in [0.2, 0.25) is 0 Å². The lowest BCUT2D eigenvalue weighted by Gasteiger charge is -2.14. The van der Waals surface area contributed by atoms with Crippen LogP contribution in [0.3, 0.4) is 0 Å². The molecule has 0 bridgehead atoms. The molecule has 0 radical (unpaired) electrons. The molecule has 0 amide bonds. The van der Waals surface area contributed by atoms with Gasteiger partial charge in [-0.3, -0.25) is 5.32 Å². The predicted molar refractivity (Wildman–Crippen MR) is 73.8 cm³/mol. The van der Waals surface area contributed by atoms with Crippen LogP contribution in [-0.4, -0.2) is 32.1 Å². The first-order valence-electron chi connectivity index (χ1n) is 5.79. The van der Waals surface area contributed by atoms with Crippen molar-refractivity contribution in [2.45, 2.75) is 18.1 Å². The third-order valence-corrected chi connectivity index (χ3v) is 3.60. The standard InChI is InChI=1S/C13H19NO3S/c1-4-17-13(15)12(14-2)18-9-10-5-7-11(16-3)8-6-10/h5-8,12,14H,4,9H2,1-3H3. The van der Waals surface area contributed by atoms with Crippen LogP contribution in [0, 0.1) is 0 Å². The number of benzene rings is 1. The quantitative estimate of drug-likeness (QED) is 0.606. The molecule has 0 aromatic heterocycles. The lowest BCUT2D eigenvalue weighted by Crippen LogP contribution is -2.32. The Morgan fingerprint density at radius 2 is 2.06 bits per heavy atom. The first kappa shape index (κ1) is 14.9. The molecule has 18 heavy (non-hydrogen) atoms. The topological polar surface area (TPSA) is 47.6 Å². The number of nitrogens with one attached hydrogen (secondary N) is 1. The molecule has 100 valence electrons. The van der Waals surface area contributed by atoms with Crippen molar-refractivity contribution in [1.82, 2.24) is 5.32 Å². The minimum atomic E-state index is -0.327. The van der Waals surface area contributed by atoms with E-state index in [0.29, 0.717) is 6.61 Å². The van der Waals surface area contributed by atoms with E-state index in [0.717, 1.165) is 17.1 Å². The molecule has 0 spiro atoms. The molecular weight excluding hydrogens is 250 g/mol. The van der Waals surface area contributed by atoms with Crippen molar-refractivity contribution in [2.24, 2.45) is 0 Å². The summed E-state index contributed by atoms with van der Waals surface area (Å²) in [5.41, 5.74) is 1.14. The van der Waals surface area contributed by atoms with Crippen LogP contribution in [0.1, 0.15) is 12.5 Å². The summed E-state index contributed by atoms with van der Waals surface area (Å²) in [5, 5.41) is 2.62. The van der Waals surface area contributed by atoms with Gasteiger partial charge in [0.2, 0.25) is 0 Å². The molecule has 0 heterocycles. The number of hydrogen-bond acceptors (Lipinski definition) is 5. The fourth-order valence-corrected chi connectivity index (χ4v) is 2.31. The van der Waals surface area contributed by atoms with Gasteiger partial charge in [-0.1, -0.05) is 12.1 Å². The van der Waals surface area contributed by atoms with Gasteiger partial charge in [-0.25, -0.2) is 4.79 Å². The fourth-order valence-electron chi connectivity index (χ4n) is 1.39. The van der Waals surface area contributed by atoms with Crippen LogP contribution in [0.25, 0.3) is 0 Å².